The van der Waals surface area contributed by atoms with Crippen LogP contribution in [-0.4, -0.2) is 37.4 Å². The molecule has 8 heteroatoms. The molecule has 0 unspecified atom stereocenters. The van der Waals surface area contributed by atoms with Crippen LogP contribution in [-0.2, 0) is 19.1 Å². The van der Waals surface area contributed by atoms with Gasteiger partial charge >= 0.3 is 5.97 Å². The minimum Gasteiger partial charge on any atom is -0.495 e. The van der Waals surface area contributed by atoms with Crippen LogP contribution in [0.15, 0.2) is 97.1 Å². The Balaban J connectivity index is 1.09. The van der Waals surface area contributed by atoms with Crippen molar-refractivity contribution >= 4 is 35.1 Å². The third kappa shape index (κ3) is 3.90. The highest BCUT2D eigenvalue weighted by atomic mass is 16.5. The quantitative estimate of drug-likeness (QED) is 0.267. The number of benzene rings is 4. The smallest absolute Gasteiger partial charge is 0.338 e. The number of nitrogens with one attached hydrogen (secondary N) is 1. The molecule has 4 aliphatic rings. The molecule has 3 amide bonds. The fraction of sp³-hybridized carbons (Fsp3) is 0.176. The minimum atomic E-state index is -0.701. The molecule has 1 saturated heterocycles. The number of rotatable bonds is 6. The molecule has 0 radical (unpaired) electrons. The van der Waals surface area contributed by atoms with Crippen LogP contribution in [0.5, 0.6) is 5.75 Å². The van der Waals surface area contributed by atoms with E-state index in [9.17, 15) is 19.2 Å². The Morgan fingerprint density at radius 1 is 0.714 bits per heavy atom. The maximum atomic E-state index is 13.9. The van der Waals surface area contributed by atoms with E-state index in [0.29, 0.717) is 17.1 Å². The SMILES string of the molecule is COc1ccccc1NC(=O)COC(=O)c1ccc(N2C(=O)[C@@H]3C4c5ccccc5C(c5ccccc54)[C@H]3C2=O)cc1. The maximum absolute atomic E-state index is 13.9. The van der Waals surface area contributed by atoms with E-state index in [4.69, 9.17) is 9.47 Å². The van der Waals surface area contributed by atoms with Gasteiger partial charge in [0.25, 0.3) is 5.91 Å². The normalized spacial score (nSPS) is 21.3. The number of nitrogens with zero attached hydrogens (tertiary/aromatic N) is 1. The van der Waals surface area contributed by atoms with Gasteiger partial charge in [-0.05, 0) is 58.7 Å². The lowest BCUT2D eigenvalue weighted by Crippen LogP contribution is -2.41. The summed E-state index contributed by atoms with van der Waals surface area (Å²) < 4.78 is 10.4. The fourth-order valence-electron chi connectivity index (χ4n) is 6.83. The zero-order valence-electron chi connectivity index (χ0n) is 22.7. The summed E-state index contributed by atoms with van der Waals surface area (Å²) in [5, 5.41) is 2.65. The van der Waals surface area contributed by atoms with E-state index in [-0.39, 0.29) is 29.2 Å². The van der Waals surface area contributed by atoms with Crippen molar-refractivity contribution in [2.45, 2.75) is 11.8 Å². The molecule has 1 N–H and O–H groups in total. The van der Waals surface area contributed by atoms with Gasteiger partial charge in [0, 0.05) is 11.8 Å². The van der Waals surface area contributed by atoms with E-state index < -0.39 is 30.3 Å². The van der Waals surface area contributed by atoms with Gasteiger partial charge in [-0.2, -0.15) is 0 Å². The Hall–Kier alpha value is -5.24. The van der Waals surface area contributed by atoms with Gasteiger partial charge in [0.05, 0.1) is 35.9 Å². The summed E-state index contributed by atoms with van der Waals surface area (Å²) in [5.74, 6) is -2.54. The Kier molecular flexibility index (Phi) is 6.12. The first-order chi connectivity index (χ1) is 20.5. The number of carbonyl (C=O) groups excluding carboxylic acids is 4. The first kappa shape index (κ1) is 25.7. The zero-order chi connectivity index (χ0) is 29.0. The number of esters is 1. The molecule has 1 heterocycles. The predicted octanol–water partition coefficient (Wildman–Crippen LogP) is 4.89. The maximum Gasteiger partial charge on any atom is 0.338 e. The van der Waals surface area contributed by atoms with Gasteiger partial charge in [0.15, 0.2) is 6.61 Å². The standard InChI is InChI=1S/C34H26N2O6/c1-41-26-13-7-6-12-25(26)35-27(37)18-42-34(40)19-14-16-20(17-15-19)36-32(38)30-28-21-8-2-3-9-22(21)29(31(30)33(36)39)24-11-5-4-10-23(24)28/h2-17,28-31H,18H2,1H3,(H,35,37)/t28?,29?,30-,31-/m1/s1. The number of carbonyl (C=O) groups is 4. The van der Waals surface area contributed by atoms with Crippen molar-refractivity contribution in [2.24, 2.45) is 11.8 Å². The van der Waals surface area contributed by atoms with Crippen LogP contribution in [0.3, 0.4) is 0 Å². The second-order valence-corrected chi connectivity index (χ2v) is 10.6. The number of ether oxygens (including phenoxy) is 2. The summed E-state index contributed by atoms with van der Waals surface area (Å²) in [5.41, 5.74) is 5.50. The molecule has 2 bridgehead atoms. The summed E-state index contributed by atoms with van der Waals surface area (Å²) in [6, 6.07) is 29.2. The largest absolute Gasteiger partial charge is 0.495 e. The summed E-state index contributed by atoms with van der Waals surface area (Å²) in [6.07, 6.45) is 0. The van der Waals surface area contributed by atoms with Crippen LogP contribution >= 0.6 is 0 Å². The first-order valence-corrected chi connectivity index (χ1v) is 13.7. The van der Waals surface area contributed by atoms with Crippen molar-refractivity contribution in [1.29, 1.82) is 0 Å². The number of amides is 3. The van der Waals surface area contributed by atoms with Gasteiger partial charge in [-0.15, -0.1) is 0 Å². The molecule has 3 aliphatic carbocycles. The molecule has 4 aromatic carbocycles. The molecule has 0 spiro atoms. The number of methoxy groups -OCH3 is 1. The van der Waals surface area contributed by atoms with E-state index in [1.165, 1.54) is 24.1 Å². The van der Waals surface area contributed by atoms with Crippen molar-refractivity contribution in [3.63, 3.8) is 0 Å². The van der Waals surface area contributed by atoms with E-state index in [0.717, 1.165) is 22.3 Å². The Bertz CT molecular complexity index is 1650. The Morgan fingerprint density at radius 3 is 1.74 bits per heavy atom. The summed E-state index contributed by atoms with van der Waals surface area (Å²) in [6.45, 7) is -0.491. The fourth-order valence-corrected chi connectivity index (χ4v) is 6.83. The molecule has 4 aromatic rings. The van der Waals surface area contributed by atoms with Gasteiger partial charge in [0.1, 0.15) is 5.75 Å². The molecule has 42 heavy (non-hydrogen) atoms. The predicted molar refractivity (Wildman–Crippen MR) is 154 cm³/mol. The Labute approximate surface area is 241 Å². The third-order valence-electron chi connectivity index (χ3n) is 8.53. The lowest BCUT2D eigenvalue weighted by Gasteiger charge is -2.45. The monoisotopic (exact) mass is 558 g/mol. The van der Waals surface area contributed by atoms with Crippen molar-refractivity contribution in [1.82, 2.24) is 0 Å². The second-order valence-electron chi connectivity index (χ2n) is 10.6. The van der Waals surface area contributed by atoms with Crippen LogP contribution in [0, 0.1) is 11.8 Å². The highest BCUT2D eigenvalue weighted by Gasteiger charge is 2.61. The highest BCUT2D eigenvalue weighted by molar-refractivity contribution is 6.23. The van der Waals surface area contributed by atoms with Crippen molar-refractivity contribution in [2.75, 3.05) is 23.9 Å². The van der Waals surface area contributed by atoms with Gasteiger partial charge in [0.2, 0.25) is 11.8 Å². The lowest BCUT2D eigenvalue weighted by atomic mass is 9.55. The molecular weight excluding hydrogens is 532 g/mol. The highest BCUT2D eigenvalue weighted by Crippen LogP contribution is 2.61. The number of hydrogen-bond donors (Lipinski definition) is 1. The molecule has 2 atom stereocenters. The van der Waals surface area contributed by atoms with Crippen LogP contribution in [0.4, 0.5) is 11.4 Å². The van der Waals surface area contributed by atoms with Crippen molar-refractivity contribution in [3.8, 4) is 5.75 Å². The molecule has 8 rings (SSSR count). The van der Waals surface area contributed by atoms with Gasteiger partial charge < -0.3 is 14.8 Å². The minimum absolute atomic E-state index is 0.190. The summed E-state index contributed by atoms with van der Waals surface area (Å²) in [4.78, 5) is 54.1. The number of anilines is 2. The van der Waals surface area contributed by atoms with E-state index in [1.54, 1.807) is 36.4 Å². The summed E-state index contributed by atoms with van der Waals surface area (Å²) in [7, 11) is 1.49. The van der Waals surface area contributed by atoms with Crippen LogP contribution in [0.2, 0.25) is 0 Å². The van der Waals surface area contributed by atoms with Crippen molar-refractivity contribution in [3.05, 3.63) is 125 Å². The average molecular weight is 559 g/mol. The topological polar surface area (TPSA) is 102 Å². The molecular formula is C34H26N2O6. The van der Waals surface area contributed by atoms with E-state index in [2.05, 4.69) is 29.6 Å². The molecule has 0 saturated carbocycles. The summed E-state index contributed by atoms with van der Waals surface area (Å²) >= 11 is 0. The van der Waals surface area contributed by atoms with Gasteiger partial charge in [-0.3, -0.25) is 14.4 Å². The zero-order valence-corrected chi connectivity index (χ0v) is 22.7. The average Bonchev–Trinajstić information content (AvgIpc) is 3.30. The van der Waals surface area contributed by atoms with Gasteiger partial charge in [-0.25, -0.2) is 9.69 Å². The second kappa shape index (κ2) is 9.99. The number of imide groups is 1. The molecule has 1 fully saturated rings. The van der Waals surface area contributed by atoms with Crippen LogP contribution in [0.25, 0.3) is 0 Å². The van der Waals surface area contributed by atoms with Crippen LogP contribution < -0.4 is 15.0 Å². The number of hydrogen-bond acceptors (Lipinski definition) is 6. The van der Waals surface area contributed by atoms with Gasteiger partial charge in [-0.1, -0.05) is 60.7 Å². The number of para-hydroxylation sites is 2. The van der Waals surface area contributed by atoms with E-state index >= 15 is 0 Å². The van der Waals surface area contributed by atoms with Crippen LogP contribution in [0.1, 0.15) is 44.4 Å². The lowest BCUT2D eigenvalue weighted by molar-refractivity contribution is -0.122. The third-order valence-corrected chi connectivity index (χ3v) is 8.53. The van der Waals surface area contributed by atoms with Crippen molar-refractivity contribution < 1.29 is 28.7 Å². The molecule has 1 aliphatic heterocycles. The molecule has 208 valence electrons. The Morgan fingerprint density at radius 2 is 1.21 bits per heavy atom. The molecule has 0 aromatic heterocycles. The van der Waals surface area contributed by atoms with E-state index in [1.807, 2.05) is 24.3 Å². The molecule has 8 nitrogen and oxygen atoms in total. The first-order valence-electron chi connectivity index (χ1n) is 13.7.